The Morgan fingerprint density at radius 1 is 1.06 bits per heavy atom. The van der Waals surface area contributed by atoms with Crippen molar-refractivity contribution < 1.29 is 0 Å². The van der Waals surface area contributed by atoms with Gasteiger partial charge < -0.3 is 0 Å². The van der Waals surface area contributed by atoms with E-state index in [1.807, 2.05) is 0 Å². The van der Waals surface area contributed by atoms with Crippen LogP contribution in [0.2, 0.25) is 0 Å². The van der Waals surface area contributed by atoms with Crippen LogP contribution in [0.3, 0.4) is 0 Å². The minimum absolute atomic E-state index is 0.890. The number of halogens is 2. The Morgan fingerprint density at radius 3 is 2.69 bits per heavy atom. The zero-order chi connectivity index (χ0) is 11.1. The van der Waals surface area contributed by atoms with Crippen LogP contribution in [0.5, 0.6) is 0 Å². The minimum Gasteiger partial charge on any atom is -0.128 e. The first-order chi connectivity index (χ1) is 7.81. The fraction of sp³-hybridized carbons (Fsp3) is 0.0769. The summed E-state index contributed by atoms with van der Waals surface area (Å²) in [6.07, 6.45) is 0. The Balaban J connectivity index is 2.57. The Morgan fingerprint density at radius 2 is 1.88 bits per heavy atom. The molecule has 0 atom stereocenters. The van der Waals surface area contributed by atoms with E-state index in [4.69, 9.17) is 0 Å². The third kappa shape index (κ3) is 1.53. The van der Waals surface area contributed by atoms with Crippen molar-refractivity contribution in [3.8, 4) is 0 Å². The van der Waals surface area contributed by atoms with Crippen molar-refractivity contribution >= 4 is 64.1 Å². The Bertz CT molecular complexity index is 670. The van der Waals surface area contributed by atoms with Crippen molar-refractivity contribution in [3.05, 3.63) is 45.7 Å². The first-order valence-corrected chi connectivity index (χ1v) is 7.69. The van der Waals surface area contributed by atoms with Gasteiger partial charge in [-0.1, -0.05) is 46.3 Å². The predicted molar refractivity (Wildman–Crippen MR) is 79.7 cm³/mol. The number of benzene rings is 2. The molecule has 0 unspecified atom stereocenters. The number of hydrogen-bond acceptors (Lipinski definition) is 1. The molecule has 0 bridgehead atoms. The summed E-state index contributed by atoms with van der Waals surface area (Å²) in [5, 5.41) is 4.92. The van der Waals surface area contributed by atoms with Crippen LogP contribution < -0.4 is 0 Å². The van der Waals surface area contributed by atoms with E-state index >= 15 is 0 Å². The highest BCUT2D eigenvalue weighted by atomic mass is 79.9. The van der Waals surface area contributed by atoms with E-state index in [1.54, 1.807) is 11.3 Å². The normalized spacial score (nSPS) is 11.4. The molecule has 3 heteroatoms. The topological polar surface area (TPSA) is 0 Å². The molecule has 0 N–H and O–H groups in total. The molecule has 1 heterocycles. The Hall–Kier alpha value is -0.380. The average Bonchev–Trinajstić information content (AvgIpc) is 2.65. The van der Waals surface area contributed by atoms with Crippen molar-refractivity contribution in [2.45, 2.75) is 5.33 Å². The molecule has 0 radical (unpaired) electrons. The number of alkyl halides is 1. The summed E-state index contributed by atoms with van der Waals surface area (Å²) in [6.45, 7) is 0. The maximum absolute atomic E-state index is 3.64. The fourth-order valence-corrected chi connectivity index (χ4v) is 4.97. The molecule has 0 saturated heterocycles. The SMILES string of the molecule is BrCc1c(Br)sc2ccc3ccccc3c12. The van der Waals surface area contributed by atoms with Gasteiger partial charge in [0.1, 0.15) is 0 Å². The van der Waals surface area contributed by atoms with Gasteiger partial charge in [0.25, 0.3) is 0 Å². The molecule has 0 nitrogen and oxygen atoms in total. The first-order valence-electron chi connectivity index (χ1n) is 4.96. The zero-order valence-corrected chi connectivity index (χ0v) is 12.3. The second-order valence-corrected chi connectivity index (χ2v) is 6.58. The highest BCUT2D eigenvalue weighted by Crippen LogP contribution is 2.40. The van der Waals surface area contributed by atoms with E-state index in [-0.39, 0.29) is 0 Å². The molecule has 0 saturated carbocycles. The van der Waals surface area contributed by atoms with Crippen molar-refractivity contribution in [1.29, 1.82) is 0 Å². The van der Waals surface area contributed by atoms with Gasteiger partial charge in [-0.15, -0.1) is 11.3 Å². The third-order valence-corrected chi connectivity index (χ3v) is 5.27. The Kier molecular flexibility index (Phi) is 2.78. The molecular formula is C13H8Br2S. The van der Waals surface area contributed by atoms with Crippen LogP contribution in [-0.2, 0) is 5.33 Å². The molecule has 16 heavy (non-hydrogen) atoms. The molecule has 0 aliphatic heterocycles. The lowest BCUT2D eigenvalue weighted by Gasteiger charge is -2.01. The second-order valence-electron chi connectivity index (χ2n) is 3.65. The molecule has 3 aromatic rings. The van der Waals surface area contributed by atoms with Crippen molar-refractivity contribution in [3.63, 3.8) is 0 Å². The predicted octanol–water partition coefficient (Wildman–Crippen LogP) is 5.71. The van der Waals surface area contributed by atoms with Gasteiger partial charge >= 0.3 is 0 Å². The smallest absolute Gasteiger partial charge is 0.0751 e. The highest BCUT2D eigenvalue weighted by Gasteiger charge is 2.11. The first kappa shape index (κ1) is 10.8. The molecule has 80 valence electrons. The monoisotopic (exact) mass is 354 g/mol. The van der Waals surface area contributed by atoms with Gasteiger partial charge in [0.15, 0.2) is 0 Å². The summed E-state index contributed by atoms with van der Waals surface area (Å²) in [6, 6.07) is 13.0. The van der Waals surface area contributed by atoms with Crippen LogP contribution in [0.4, 0.5) is 0 Å². The number of fused-ring (bicyclic) bond motifs is 3. The third-order valence-electron chi connectivity index (χ3n) is 2.76. The summed E-state index contributed by atoms with van der Waals surface area (Å²) < 4.78 is 2.58. The van der Waals surface area contributed by atoms with Crippen molar-refractivity contribution in [1.82, 2.24) is 0 Å². The second kappa shape index (κ2) is 4.13. The van der Waals surface area contributed by atoms with Crippen LogP contribution in [0, 0.1) is 0 Å². The van der Waals surface area contributed by atoms with E-state index < -0.39 is 0 Å². The van der Waals surface area contributed by atoms with Gasteiger partial charge in [-0.3, -0.25) is 0 Å². The number of thiophene rings is 1. The quantitative estimate of drug-likeness (QED) is 0.490. The van der Waals surface area contributed by atoms with Crippen LogP contribution in [0.25, 0.3) is 20.9 Å². The van der Waals surface area contributed by atoms with Crippen LogP contribution >= 0.6 is 43.2 Å². The van der Waals surface area contributed by atoms with Gasteiger partial charge in [-0.05, 0) is 38.3 Å². The highest BCUT2D eigenvalue weighted by molar-refractivity contribution is 9.11. The van der Waals surface area contributed by atoms with E-state index in [0.717, 1.165) is 5.33 Å². The lowest BCUT2D eigenvalue weighted by molar-refractivity contribution is 1.53. The number of rotatable bonds is 1. The van der Waals surface area contributed by atoms with Crippen LogP contribution in [-0.4, -0.2) is 0 Å². The van der Waals surface area contributed by atoms with E-state index in [9.17, 15) is 0 Å². The zero-order valence-electron chi connectivity index (χ0n) is 8.34. The lowest BCUT2D eigenvalue weighted by Crippen LogP contribution is -1.78. The van der Waals surface area contributed by atoms with Gasteiger partial charge in [0.2, 0.25) is 0 Å². The molecule has 2 aromatic carbocycles. The maximum atomic E-state index is 3.64. The summed E-state index contributed by atoms with van der Waals surface area (Å²) in [7, 11) is 0. The number of hydrogen-bond donors (Lipinski definition) is 0. The molecule has 3 rings (SSSR count). The standard InChI is InChI=1S/C13H8Br2S/c14-7-10-12-9-4-2-1-3-8(9)5-6-11(12)16-13(10)15/h1-6H,7H2. The molecule has 0 aliphatic carbocycles. The van der Waals surface area contributed by atoms with E-state index in [2.05, 4.69) is 68.3 Å². The van der Waals surface area contributed by atoms with E-state index in [1.165, 1.54) is 30.2 Å². The summed E-state index contributed by atoms with van der Waals surface area (Å²) in [4.78, 5) is 0. The average molecular weight is 356 g/mol. The van der Waals surface area contributed by atoms with Crippen molar-refractivity contribution in [2.75, 3.05) is 0 Å². The minimum atomic E-state index is 0.890. The summed E-state index contributed by atoms with van der Waals surface area (Å²) >= 11 is 9.02. The summed E-state index contributed by atoms with van der Waals surface area (Å²) in [5.41, 5.74) is 1.36. The van der Waals surface area contributed by atoms with Gasteiger partial charge in [-0.25, -0.2) is 0 Å². The maximum Gasteiger partial charge on any atom is 0.0751 e. The lowest BCUT2D eigenvalue weighted by atomic mass is 10.0. The van der Waals surface area contributed by atoms with Crippen LogP contribution in [0.15, 0.2) is 40.2 Å². The largest absolute Gasteiger partial charge is 0.128 e. The molecule has 0 aliphatic rings. The van der Waals surface area contributed by atoms with Crippen LogP contribution in [0.1, 0.15) is 5.56 Å². The fourth-order valence-electron chi connectivity index (χ4n) is 2.02. The molecule has 0 fully saturated rings. The summed E-state index contributed by atoms with van der Waals surface area (Å²) in [5.74, 6) is 0. The Labute approximate surface area is 115 Å². The van der Waals surface area contributed by atoms with E-state index in [0.29, 0.717) is 0 Å². The molecular weight excluding hydrogens is 348 g/mol. The molecule has 0 amide bonds. The van der Waals surface area contributed by atoms with Gasteiger partial charge in [-0.2, -0.15) is 0 Å². The molecule has 1 aromatic heterocycles. The van der Waals surface area contributed by atoms with Crippen molar-refractivity contribution in [2.24, 2.45) is 0 Å². The van der Waals surface area contributed by atoms with Gasteiger partial charge in [0, 0.05) is 15.4 Å². The van der Waals surface area contributed by atoms with Gasteiger partial charge in [0.05, 0.1) is 3.79 Å². The molecule has 0 spiro atoms.